The number of rotatable bonds is 7. The Labute approximate surface area is 198 Å². The smallest absolute Gasteiger partial charge is 0.418 e. The van der Waals surface area contributed by atoms with E-state index in [4.69, 9.17) is 18.9 Å². The first-order valence-electron chi connectivity index (χ1n) is 9.87. The fourth-order valence-corrected chi connectivity index (χ4v) is 4.25. The molecular weight excluding hydrogens is 494 g/mol. The molecular formula is C23H22BrN3O6. The van der Waals surface area contributed by atoms with E-state index in [9.17, 15) is 9.90 Å². The van der Waals surface area contributed by atoms with Crippen LogP contribution in [0.15, 0.2) is 40.9 Å². The van der Waals surface area contributed by atoms with Crippen LogP contribution in [0.25, 0.3) is 21.8 Å². The van der Waals surface area contributed by atoms with Crippen molar-refractivity contribution in [3.8, 4) is 23.0 Å². The molecule has 0 atom stereocenters. The lowest BCUT2D eigenvalue weighted by Gasteiger charge is -2.19. The highest BCUT2D eigenvalue weighted by atomic mass is 79.9. The molecule has 0 amide bonds. The van der Waals surface area contributed by atoms with Crippen LogP contribution in [0.4, 0.5) is 10.7 Å². The van der Waals surface area contributed by atoms with Gasteiger partial charge < -0.3 is 29.4 Å². The van der Waals surface area contributed by atoms with Crippen molar-refractivity contribution >= 4 is 49.8 Å². The van der Waals surface area contributed by atoms with Crippen molar-refractivity contribution in [2.75, 3.05) is 33.8 Å². The second kappa shape index (κ2) is 9.07. The molecule has 172 valence electrons. The number of nitrogens with one attached hydrogen (secondary N) is 1. The molecule has 3 aromatic carbocycles. The van der Waals surface area contributed by atoms with Gasteiger partial charge in [0, 0.05) is 16.6 Å². The molecule has 2 N–H and O–H groups in total. The summed E-state index contributed by atoms with van der Waals surface area (Å²) in [6, 6.07) is 10.6. The zero-order chi connectivity index (χ0) is 23.7. The van der Waals surface area contributed by atoms with E-state index in [1.54, 1.807) is 58.8 Å². The molecule has 0 aliphatic rings. The molecule has 0 saturated heterocycles. The van der Waals surface area contributed by atoms with Crippen LogP contribution in [0.3, 0.4) is 0 Å². The van der Waals surface area contributed by atoms with Crippen LogP contribution >= 0.6 is 15.9 Å². The molecule has 4 rings (SSSR count). The minimum atomic E-state index is -1.14. The molecule has 4 aromatic rings. The summed E-state index contributed by atoms with van der Waals surface area (Å²) in [5, 5.41) is 14.3. The standard InChI is InChI=1S/C23H22BrN3O6/c1-30-16-7-8-17(31-2)20-19(16)18(32-3)9-12(21(20)33-4)11-25-22-26-14-10-13(24)5-6-15(14)27(22)23(28)29/h5-10H,11H2,1-4H3,(H,25,26)(H,28,29). The van der Waals surface area contributed by atoms with Gasteiger partial charge in [0.15, 0.2) is 0 Å². The van der Waals surface area contributed by atoms with Crippen molar-refractivity contribution in [3.05, 3.63) is 46.4 Å². The van der Waals surface area contributed by atoms with Crippen LogP contribution in [-0.2, 0) is 6.54 Å². The molecule has 0 saturated carbocycles. The van der Waals surface area contributed by atoms with Crippen LogP contribution in [0.5, 0.6) is 23.0 Å². The van der Waals surface area contributed by atoms with E-state index >= 15 is 0 Å². The molecule has 0 aliphatic heterocycles. The van der Waals surface area contributed by atoms with E-state index in [0.29, 0.717) is 44.8 Å². The number of fused-ring (bicyclic) bond motifs is 2. The number of aromatic nitrogens is 2. The second-order valence-corrected chi connectivity index (χ2v) is 7.95. The lowest BCUT2D eigenvalue weighted by atomic mass is 10.0. The molecule has 9 nitrogen and oxygen atoms in total. The summed E-state index contributed by atoms with van der Waals surface area (Å²) in [6.07, 6.45) is -1.14. The molecule has 10 heteroatoms. The lowest BCUT2D eigenvalue weighted by Crippen LogP contribution is -2.14. The van der Waals surface area contributed by atoms with Gasteiger partial charge in [-0.15, -0.1) is 0 Å². The van der Waals surface area contributed by atoms with Crippen molar-refractivity contribution in [3.63, 3.8) is 0 Å². The van der Waals surface area contributed by atoms with E-state index in [2.05, 4.69) is 26.2 Å². The maximum atomic E-state index is 11.9. The Balaban J connectivity index is 1.85. The number of nitrogens with zero attached hydrogens (tertiary/aromatic N) is 2. The van der Waals surface area contributed by atoms with Gasteiger partial charge in [-0.2, -0.15) is 0 Å². The highest BCUT2D eigenvalue weighted by Gasteiger charge is 2.22. The Hall–Kier alpha value is -3.66. The number of imidazole rings is 1. The Morgan fingerprint density at radius 2 is 1.64 bits per heavy atom. The topological polar surface area (TPSA) is 104 Å². The van der Waals surface area contributed by atoms with Gasteiger partial charge in [0.1, 0.15) is 23.0 Å². The monoisotopic (exact) mass is 515 g/mol. The van der Waals surface area contributed by atoms with Crippen LogP contribution < -0.4 is 24.3 Å². The maximum absolute atomic E-state index is 11.9. The number of carbonyl (C=O) groups is 1. The number of hydrogen-bond acceptors (Lipinski definition) is 7. The largest absolute Gasteiger partial charge is 0.496 e. The van der Waals surface area contributed by atoms with Gasteiger partial charge in [-0.1, -0.05) is 15.9 Å². The Morgan fingerprint density at radius 3 is 2.24 bits per heavy atom. The first-order valence-corrected chi connectivity index (χ1v) is 10.7. The van der Waals surface area contributed by atoms with Gasteiger partial charge in [-0.05, 0) is 36.4 Å². The molecule has 0 radical (unpaired) electrons. The average molecular weight is 516 g/mol. The molecule has 1 aromatic heterocycles. The summed E-state index contributed by atoms with van der Waals surface area (Å²) < 4.78 is 24.4. The van der Waals surface area contributed by atoms with Gasteiger partial charge in [-0.3, -0.25) is 0 Å². The van der Waals surface area contributed by atoms with Crippen LogP contribution in [0.2, 0.25) is 0 Å². The zero-order valence-corrected chi connectivity index (χ0v) is 20.0. The summed E-state index contributed by atoms with van der Waals surface area (Å²) in [6.45, 7) is 0.216. The summed E-state index contributed by atoms with van der Waals surface area (Å²) in [5.74, 6) is 2.50. The summed E-state index contributed by atoms with van der Waals surface area (Å²) in [7, 11) is 6.29. The first-order chi connectivity index (χ1) is 15.9. The molecule has 0 bridgehead atoms. The van der Waals surface area contributed by atoms with Crippen LogP contribution in [0.1, 0.15) is 5.56 Å². The third-order valence-corrected chi connectivity index (χ3v) is 5.80. The number of halogens is 1. The maximum Gasteiger partial charge on any atom is 0.418 e. The predicted molar refractivity (Wildman–Crippen MR) is 128 cm³/mol. The Kier molecular flexibility index (Phi) is 6.19. The van der Waals surface area contributed by atoms with E-state index in [1.807, 2.05) is 6.07 Å². The highest BCUT2D eigenvalue weighted by Crippen LogP contribution is 2.46. The van der Waals surface area contributed by atoms with Gasteiger partial charge >= 0.3 is 6.09 Å². The minimum absolute atomic E-state index is 0.189. The van der Waals surface area contributed by atoms with Gasteiger partial charge in [0.25, 0.3) is 0 Å². The average Bonchev–Trinajstić information content (AvgIpc) is 3.18. The predicted octanol–water partition coefficient (Wildman–Crippen LogP) is 5.12. The van der Waals surface area contributed by atoms with Crippen LogP contribution in [-0.4, -0.2) is 49.2 Å². The molecule has 33 heavy (non-hydrogen) atoms. The zero-order valence-electron chi connectivity index (χ0n) is 18.4. The van der Waals surface area contributed by atoms with Crippen LogP contribution in [0, 0.1) is 0 Å². The van der Waals surface area contributed by atoms with E-state index in [-0.39, 0.29) is 12.5 Å². The second-order valence-electron chi connectivity index (χ2n) is 7.03. The number of anilines is 1. The van der Waals surface area contributed by atoms with Crippen molar-refractivity contribution < 1.29 is 28.8 Å². The molecule has 0 aliphatic carbocycles. The third kappa shape index (κ3) is 3.86. The molecule has 0 unspecified atom stereocenters. The summed E-state index contributed by atoms with van der Waals surface area (Å²) in [5.41, 5.74) is 1.74. The van der Waals surface area contributed by atoms with Crippen molar-refractivity contribution in [1.82, 2.24) is 9.55 Å². The number of methoxy groups -OCH3 is 4. The SMILES string of the molecule is COc1ccc(OC)c2c(OC)c(CNc3nc4cc(Br)ccc4n3C(=O)O)cc(OC)c12. The van der Waals surface area contributed by atoms with Crippen molar-refractivity contribution in [2.45, 2.75) is 6.54 Å². The van der Waals surface area contributed by atoms with Gasteiger partial charge in [0.05, 0.1) is 50.2 Å². The molecule has 0 spiro atoms. The fraction of sp³-hybridized carbons (Fsp3) is 0.217. The van der Waals surface area contributed by atoms with Crippen molar-refractivity contribution in [2.24, 2.45) is 0 Å². The fourth-order valence-electron chi connectivity index (χ4n) is 3.90. The molecule has 1 heterocycles. The Bertz CT molecular complexity index is 1370. The quantitative estimate of drug-likeness (QED) is 0.349. The summed E-state index contributed by atoms with van der Waals surface area (Å²) >= 11 is 3.39. The first kappa shape index (κ1) is 22.5. The number of benzene rings is 3. The van der Waals surface area contributed by atoms with E-state index in [1.165, 1.54) is 0 Å². The van der Waals surface area contributed by atoms with E-state index in [0.717, 1.165) is 14.6 Å². The van der Waals surface area contributed by atoms with Gasteiger partial charge in [0.2, 0.25) is 5.95 Å². The number of hydrogen-bond donors (Lipinski definition) is 2. The lowest BCUT2D eigenvalue weighted by molar-refractivity contribution is 0.198. The minimum Gasteiger partial charge on any atom is -0.496 e. The van der Waals surface area contributed by atoms with E-state index < -0.39 is 6.09 Å². The normalized spacial score (nSPS) is 10.9. The van der Waals surface area contributed by atoms with Gasteiger partial charge in [-0.25, -0.2) is 14.3 Å². The summed E-state index contributed by atoms with van der Waals surface area (Å²) in [4.78, 5) is 16.4. The molecule has 0 fully saturated rings. The number of carboxylic acid groups (broad SMARTS) is 1. The number of ether oxygens (including phenoxy) is 4. The third-order valence-electron chi connectivity index (χ3n) is 5.31. The highest BCUT2D eigenvalue weighted by molar-refractivity contribution is 9.10. The Morgan fingerprint density at radius 1 is 0.970 bits per heavy atom. The van der Waals surface area contributed by atoms with Crippen molar-refractivity contribution in [1.29, 1.82) is 0 Å².